The summed E-state index contributed by atoms with van der Waals surface area (Å²) in [6.45, 7) is 1.76. The third-order valence-electron chi connectivity index (χ3n) is 3.53. The van der Waals surface area contributed by atoms with Gasteiger partial charge in [-0.25, -0.2) is 4.39 Å². The quantitative estimate of drug-likeness (QED) is 0.743. The first kappa shape index (κ1) is 18.9. The zero-order chi connectivity index (χ0) is 18.9. The minimum absolute atomic E-state index is 0.189. The van der Waals surface area contributed by atoms with Crippen LogP contribution in [0.2, 0.25) is 0 Å². The van der Waals surface area contributed by atoms with E-state index in [2.05, 4.69) is 10.6 Å². The Balaban J connectivity index is 1.70. The Kier molecular flexibility index (Phi) is 6.68. The summed E-state index contributed by atoms with van der Waals surface area (Å²) < 4.78 is 18.7. The minimum Gasteiger partial charge on any atom is -0.482 e. The van der Waals surface area contributed by atoms with E-state index in [1.165, 1.54) is 18.2 Å². The van der Waals surface area contributed by atoms with Gasteiger partial charge in [0.15, 0.2) is 6.61 Å². The number of halogens is 1. The Hall–Kier alpha value is -3.40. The summed E-state index contributed by atoms with van der Waals surface area (Å²) in [5, 5.41) is 14.1. The number of amides is 2. The van der Waals surface area contributed by atoms with E-state index in [0.717, 1.165) is 0 Å². The average molecular weight is 355 g/mol. The molecule has 0 aliphatic heterocycles. The molecule has 0 radical (unpaired) electrons. The second-order valence-electron chi connectivity index (χ2n) is 5.47. The molecule has 0 aliphatic rings. The van der Waals surface area contributed by atoms with Crippen LogP contribution in [0.25, 0.3) is 0 Å². The Bertz CT molecular complexity index is 846. The van der Waals surface area contributed by atoms with Gasteiger partial charge in [-0.3, -0.25) is 9.59 Å². The fourth-order valence-electron chi connectivity index (χ4n) is 2.09. The maximum atomic E-state index is 13.4. The maximum absolute atomic E-state index is 13.4. The van der Waals surface area contributed by atoms with Crippen molar-refractivity contribution in [2.24, 2.45) is 0 Å². The lowest BCUT2D eigenvalue weighted by atomic mass is 10.1. The van der Waals surface area contributed by atoms with Crippen molar-refractivity contribution < 1.29 is 18.7 Å². The normalized spacial score (nSPS) is 9.88. The van der Waals surface area contributed by atoms with Crippen LogP contribution in [0.15, 0.2) is 42.5 Å². The molecule has 2 aromatic rings. The molecule has 0 unspecified atom stereocenters. The average Bonchev–Trinajstić information content (AvgIpc) is 2.65. The summed E-state index contributed by atoms with van der Waals surface area (Å²) in [6, 6.07) is 12.8. The molecule has 0 fully saturated rings. The number of rotatable bonds is 7. The maximum Gasteiger partial charge on any atom is 0.258 e. The van der Waals surface area contributed by atoms with Crippen molar-refractivity contribution >= 4 is 11.8 Å². The van der Waals surface area contributed by atoms with Crippen LogP contribution in [0.4, 0.5) is 4.39 Å². The molecule has 26 heavy (non-hydrogen) atoms. The van der Waals surface area contributed by atoms with Crippen molar-refractivity contribution in [3.63, 3.8) is 0 Å². The van der Waals surface area contributed by atoms with Gasteiger partial charge in [0, 0.05) is 18.7 Å². The Labute approximate surface area is 150 Å². The Morgan fingerprint density at radius 1 is 1.15 bits per heavy atom. The molecule has 0 saturated heterocycles. The highest BCUT2D eigenvalue weighted by molar-refractivity contribution is 5.94. The number of hydrogen-bond donors (Lipinski definition) is 2. The van der Waals surface area contributed by atoms with Gasteiger partial charge in [0.05, 0.1) is 5.56 Å². The number of nitrogens with zero attached hydrogens (tertiary/aromatic N) is 1. The first-order valence-corrected chi connectivity index (χ1v) is 7.94. The summed E-state index contributed by atoms with van der Waals surface area (Å²) >= 11 is 0. The number of nitrogens with one attached hydrogen (secondary N) is 2. The SMILES string of the molecule is Cc1ccc(C(=O)NCCNC(=O)COc2ccccc2C#N)cc1F. The molecule has 2 aromatic carbocycles. The monoisotopic (exact) mass is 355 g/mol. The van der Waals surface area contributed by atoms with Crippen LogP contribution < -0.4 is 15.4 Å². The lowest BCUT2D eigenvalue weighted by Crippen LogP contribution is -2.36. The van der Waals surface area contributed by atoms with Crippen molar-refractivity contribution in [3.05, 3.63) is 65.0 Å². The molecule has 0 bridgehead atoms. The Morgan fingerprint density at radius 2 is 1.88 bits per heavy atom. The van der Waals surface area contributed by atoms with Gasteiger partial charge >= 0.3 is 0 Å². The van der Waals surface area contributed by atoms with E-state index in [9.17, 15) is 14.0 Å². The van der Waals surface area contributed by atoms with Gasteiger partial charge in [-0.05, 0) is 36.8 Å². The van der Waals surface area contributed by atoms with E-state index < -0.39 is 11.7 Å². The number of nitriles is 1. The minimum atomic E-state index is -0.444. The highest BCUT2D eigenvalue weighted by atomic mass is 19.1. The summed E-state index contributed by atoms with van der Waals surface area (Å²) in [5.41, 5.74) is 1.03. The molecule has 2 rings (SSSR count). The van der Waals surface area contributed by atoms with Crippen molar-refractivity contribution in [2.75, 3.05) is 19.7 Å². The third kappa shape index (κ3) is 5.31. The first-order chi connectivity index (χ1) is 12.5. The van der Waals surface area contributed by atoms with E-state index in [1.54, 1.807) is 31.2 Å². The molecule has 0 spiro atoms. The van der Waals surface area contributed by atoms with Crippen molar-refractivity contribution in [3.8, 4) is 11.8 Å². The van der Waals surface area contributed by atoms with Crippen LogP contribution in [0.1, 0.15) is 21.5 Å². The molecular weight excluding hydrogens is 337 g/mol. The highest BCUT2D eigenvalue weighted by Gasteiger charge is 2.09. The number of benzene rings is 2. The van der Waals surface area contributed by atoms with Crippen molar-refractivity contribution in [1.82, 2.24) is 10.6 Å². The molecule has 0 atom stereocenters. The molecule has 2 amide bonds. The van der Waals surface area contributed by atoms with E-state index in [4.69, 9.17) is 10.00 Å². The highest BCUT2D eigenvalue weighted by Crippen LogP contribution is 2.16. The van der Waals surface area contributed by atoms with E-state index in [0.29, 0.717) is 16.9 Å². The van der Waals surface area contributed by atoms with Crippen LogP contribution in [0.5, 0.6) is 5.75 Å². The van der Waals surface area contributed by atoms with Gasteiger partial charge < -0.3 is 15.4 Å². The van der Waals surface area contributed by atoms with Crippen LogP contribution in [0.3, 0.4) is 0 Å². The number of hydrogen-bond acceptors (Lipinski definition) is 4. The summed E-state index contributed by atoms with van der Waals surface area (Å²) in [7, 11) is 0. The van der Waals surface area contributed by atoms with Crippen molar-refractivity contribution in [2.45, 2.75) is 6.92 Å². The fraction of sp³-hybridized carbons (Fsp3) is 0.211. The lowest BCUT2D eigenvalue weighted by Gasteiger charge is -2.09. The second kappa shape index (κ2) is 9.18. The van der Waals surface area contributed by atoms with E-state index in [1.807, 2.05) is 6.07 Å². The van der Waals surface area contributed by atoms with Crippen molar-refractivity contribution in [1.29, 1.82) is 5.26 Å². The lowest BCUT2D eigenvalue weighted by molar-refractivity contribution is -0.123. The molecule has 0 aromatic heterocycles. The Morgan fingerprint density at radius 3 is 2.62 bits per heavy atom. The number of para-hydroxylation sites is 1. The molecule has 0 aliphatic carbocycles. The zero-order valence-corrected chi connectivity index (χ0v) is 14.2. The number of carbonyl (C=O) groups excluding carboxylic acids is 2. The van der Waals surface area contributed by atoms with Crippen LogP contribution >= 0.6 is 0 Å². The smallest absolute Gasteiger partial charge is 0.258 e. The standard InChI is InChI=1S/C19H18FN3O3/c1-13-6-7-14(10-16(13)20)19(25)23-9-8-22-18(24)12-26-17-5-3-2-4-15(17)11-21/h2-7,10H,8-9,12H2,1H3,(H,22,24)(H,23,25). The number of ether oxygens (including phenoxy) is 1. The van der Waals surface area contributed by atoms with Gasteiger partial charge in [-0.15, -0.1) is 0 Å². The van der Waals surface area contributed by atoms with Gasteiger partial charge in [-0.2, -0.15) is 5.26 Å². The summed E-state index contributed by atoms with van der Waals surface area (Å²) in [4.78, 5) is 23.6. The molecule has 6 nitrogen and oxygen atoms in total. The van der Waals surface area contributed by atoms with Crippen LogP contribution in [-0.4, -0.2) is 31.5 Å². The van der Waals surface area contributed by atoms with Gasteiger partial charge in [0.1, 0.15) is 17.6 Å². The summed E-state index contributed by atoms with van der Waals surface area (Å²) in [5.74, 6) is -0.911. The largest absolute Gasteiger partial charge is 0.482 e. The first-order valence-electron chi connectivity index (χ1n) is 7.94. The fourth-order valence-corrected chi connectivity index (χ4v) is 2.09. The number of aryl methyl sites for hydroxylation is 1. The molecule has 134 valence electrons. The second-order valence-corrected chi connectivity index (χ2v) is 5.47. The van der Waals surface area contributed by atoms with E-state index in [-0.39, 0.29) is 31.2 Å². The van der Waals surface area contributed by atoms with Crippen LogP contribution in [0, 0.1) is 24.1 Å². The molecular formula is C19H18FN3O3. The van der Waals surface area contributed by atoms with Crippen LogP contribution in [-0.2, 0) is 4.79 Å². The molecule has 0 heterocycles. The van der Waals surface area contributed by atoms with Gasteiger partial charge in [0.25, 0.3) is 11.8 Å². The number of carbonyl (C=O) groups is 2. The molecule has 0 saturated carbocycles. The predicted molar refractivity (Wildman–Crippen MR) is 93.1 cm³/mol. The molecule has 2 N–H and O–H groups in total. The zero-order valence-electron chi connectivity index (χ0n) is 14.2. The predicted octanol–water partition coefficient (Wildman–Crippen LogP) is 1.93. The summed E-state index contributed by atoms with van der Waals surface area (Å²) in [6.07, 6.45) is 0. The topological polar surface area (TPSA) is 91.2 Å². The molecule has 7 heteroatoms. The van der Waals surface area contributed by atoms with Gasteiger partial charge in [-0.1, -0.05) is 18.2 Å². The van der Waals surface area contributed by atoms with E-state index >= 15 is 0 Å². The third-order valence-corrected chi connectivity index (χ3v) is 3.53. The van der Waals surface area contributed by atoms with Gasteiger partial charge in [0.2, 0.25) is 0 Å².